The molecule has 0 atom stereocenters. The van der Waals surface area contributed by atoms with E-state index >= 15 is 0 Å². The average Bonchev–Trinajstić information content (AvgIpc) is 3.38. The van der Waals surface area contributed by atoms with E-state index < -0.39 is 5.82 Å². The SMILES string of the molecule is CNCC(=O)N1CCN(C(=O)c2ccc(Nc3nccn4c(-c5ccc(OC)c(F)c5)cnc34)cc2Cl)CC1.Cl. The van der Waals surface area contributed by atoms with Crippen LogP contribution in [0, 0.1) is 5.82 Å². The summed E-state index contributed by atoms with van der Waals surface area (Å²) in [4.78, 5) is 37.5. The third-order valence-electron chi connectivity index (χ3n) is 6.59. The lowest BCUT2D eigenvalue weighted by Crippen LogP contribution is -2.52. The fourth-order valence-electron chi connectivity index (χ4n) is 4.54. The van der Waals surface area contributed by atoms with Crippen LogP contribution in [0.15, 0.2) is 55.0 Å². The van der Waals surface area contributed by atoms with Crippen LogP contribution in [-0.2, 0) is 4.79 Å². The average molecular weight is 588 g/mol. The Bertz CT molecular complexity index is 1540. The third-order valence-corrected chi connectivity index (χ3v) is 6.90. The van der Waals surface area contributed by atoms with Crippen molar-refractivity contribution in [3.8, 4) is 17.0 Å². The number of fused-ring (bicyclic) bond motifs is 1. The molecule has 0 radical (unpaired) electrons. The predicted molar refractivity (Wildman–Crippen MR) is 153 cm³/mol. The minimum atomic E-state index is -0.467. The maximum absolute atomic E-state index is 14.3. The smallest absolute Gasteiger partial charge is 0.255 e. The normalized spacial score (nSPS) is 13.2. The number of carbonyl (C=O) groups is 2. The van der Waals surface area contributed by atoms with Crippen molar-refractivity contribution in [1.29, 1.82) is 0 Å². The van der Waals surface area contributed by atoms with Crippen molar-refractivity contribution in [3.05, 3.63) is 71.4 Å². The molecule has 210 valence electrons. The number of rotatable bonds is 7. The van der Waals surface area contributed by atoms with Gasteiger partial charge in [-0.1, -0.05) is 11.6 Å². The van der Waals surface area contributed by atoms with Crippen LogP contribution in [0.4, 0.5) is 15.9 Å². The highest BCUT2D eigenvalue weighted by atomic mass is 35.5. The summed E-state index contributed by atoms with van der Waals surface area (Å²) in [5, 5.41) is 6.36. The second-order valence-corrected chi connectivity index (χ2v) is 9.39. The zero-order chi connectivity index (χ0) is 27.5. The highest BCUT2D eigenvalue weighted by Crippen LogP contribution is 2.30. The topological polar surface area (TPSA) is 104 Å². The Kier molecular flexibility index (Phi) is 9.08. The molecule has 1 saturated heterocycles. The number of piperazine rings is 1. The van der Waals surface area contributed by atoms with Crippen LogP contribution in [-0.4, -0.2) is 82.9 Å². The van der Waals surface area contributed by atoms with E-state index in [9.17, 15) is 14.0 Å². The van der Waals surface area contributed by atoms with Crippen molar-refractivity contribution in [2.24, 2.45) is 0 Å². The number of amides is 2. The minimum Gasteiger partial charge on any atom is -0.494 e. The van der Waals surface area contributed by atoms with Crippen LogP contribution in [0.1, 0.15) is 10.4 Å². The lowest BCUT2D eigenvalue weighted by molar-refractivity contribution is -0.131. The predicted octanol–water partition coefficient (Wildman–Crippen LogP) is 3.87. The van der Waals surface area contributed by atoms with Crippen LogP contribution in [0.3, 0.4) is 0 Å². The number of anilines is 2. The molecule has 4 aromatic rings. The lowest BCUT2D eigenvalue weighted by Gasteiger charge is -2.35. The van der Waals surface area contributed by atoms with E-state index in [4.69, 9.17) is 16.3 Å². The summed E-state index contributed by atoms with van der Waals surface area (Å²) < 4.78 is 21.1. The first kappa shape index (κ1) is 29.1. The molecule has 0 aliphatic carbocycles. The standard InChI is InChI=1S/C27H27ClFN7O3.ClH/c1-30-16-24(37)34-9-11-35(12-10-34)27(38)19-5-4-18(14-20(19)28)33-25-26-32-15-22(36(26)8-7-31-25)17-3-6-23(39-2)21(29)13-17;/h3-8,13-15,30H,9-12,16H2,1-2H3,(H,31,33);1H. The molecule has 10 nitrogen and oxygen atoms in total. The molecular formula is C27H28Cl2FN7O3. The first-order valence-corrected chi connectivity index (χ1v) is 12.7. The van der Waals surface area contributed by atoms with Gasteiger partial charge in [0, 0.05) is 49.8 Å². The lowest BCUT2D eigenvalue weighted by atomic mass is 10.1. The van der Waals surface area contributed by atoms with Gasteiger partial charge in [-0.2, -0.15) is 0 Å². The van der Waals surface area contributed by atoms with Gasteiger partial charge in [0.05, 0.1) is 36.1 Å². The van der Waals surface area contributed by atoms with Gasteiger partial charge in [-0.15, -0.1) is 12.4 Å². The molecule has 3 heterocycles. The maximum atomic E-state index is 14.3. The van der Waals surface area contributed by atoms with E-state index in [1.54, 1.807) is 70.2 Å². The van der Waals surface area contributed by atoms with Crippen LogP contribution in [0.2, 0.25) is 5.02 Å². The highest BCUT2D eigenvalue weighted by molar-refractivity contribution is 6.34. The fraction of sp³-hybridized carbons (Fsp3) is 0.259. The van der Waals surface area contributed by atoms with Crippen LogP contribution >= 0.6 is 24.0 Å². The van der Waals surface area contributed by atoms with E-state index in [0.29, 0.717) is 65.2 Å². The molecule has 1 aliphatic heterocycles. The van der Waals surface area contributed by atoms with Crippen LogP contribution in [0.5, 0.6) is 5.75 Å². The van der Waals surface area contributed by atoms with Crippen LogP contribution < -0.4 is 15.4 Å². The number of benzene rings is 2. The molecular weight excluding hydrogens is 560 g/mol. The van der Waals surface area contributed by atoms with Gasteiger partial charge >= 0.3 is 0 Å². The Morgan fingerprint density at radius 2 is 1.82 bits per heavy atom. The van der Waals surface area contributed by atoms with Crippen LogP contribution in [0.25, 0.3) is 16.9 Å². The molecule has 0 unspecified atom stereocenters. The number of likely N-dealkylation sites (N-methyl/N-ethyl adjacent to an activating group) is 1. The number of hydrogen-bond acceptors (Lipinski definition) is 7. The molecule has 0 saturated carbocycles. The Labute approximate surface area is 241 Å². The van der Waals surface area contributed by atoms with Gasteiger partial charge in [-0.05, 0) is 43.4 Å². The molecule has 40 heavy (non-hydrogen) atoms. The molecule has 5 rings (SSSR count). The number of ether oxygens (including phenoxy) is 1. The fourth-order valence-corrected chi connectivity index (χ4v) is 4.80. The molecule has 0 bridgehead atoms. The summed E-state index contributed by atoms with van der Waals surface area (Å²) in [6.07, 6.45) is 5.00. The number of hydrogen-bond donors (Lipinski definition) is 2. The van der Waals surface area contributed by atoms with E-state index in [-0.39, 0.29) is 36.5 Å². The number of nitrogens with zero attached hydrogens (tertiary/aromatic N) is 5. The highest BCUT2D eigenvalue weighted by Gasteiger charge is 2.26. The van der Waals surface area contributed by atoms with Gasteiger partial charge in [0.15, 0.2) is 23.0 Å². The van der Waals surface area contributed by atoms with E-state index in [1.165, 1.54) is 13.2 Å². The van der Waals surface area contributed by atoms with Gasteiger partial charge in [0.2, 0.25) is 5.91 Å². The second-order valence-electron chi connectivity index (χ2n) is 8.99. The largest absolute Gasteiger partial charge is 0.494 e. The number of aromatic nitrogens is 3. The minimum absolute atomic E-state index is 0. The number of halogens is 3. The van der Waals surface area contributed by atoms with E-state index in [0.717, 1.165) is 0 Å². The second kappa shape index (κ2) is 12.5. The molecule has 2 amide bonds. The molecule has 0 spiro atoms. The number of imidazole rings is 1. The van der Waals surface area contributed by atoms with Crippen molar-refractivity contribution in [2.75, 3.05) is 52.2 Å². The first-order chi connectivity index (χ1) is 18.9. The summed E-state index contributed by atoms with van der Waals surface area (Å²) in [7, 11) is 3.15. The summed E-state index contributed by atoms with van der Waals surface area (Å²) in [5.41, 5.74) is 2.86. The molecule has 2 aromatic heterocycles. The van der Waals surface area contributed by atoms with E-state index in [1.807, 2.05) is 0 Å². The van der Waals surface area contributed by atoms with Crippen molar-refractivity contribution < 1.29 is 18.7 Å². The Morgan fingerprint density at radius 3 is 2.50 bits per heavy atom. The van der Waals surface area contributed by atoms with Gasteiger partial charge in [-0.25, -0.2) is 14.4 Å². The Balaban J connectivity index is 0.00000370. The summed E-state index contributed by atoms with van der Waals surface area (Å²) in [5.74, 6) is -0.00197. The summed E-state index contributed by atoms with van der Waals surface area (Å²) in [6.45, 7) is 2.12. The molecule has 2 aromatic carbocycles. The van der Waals surface area contributed by atoms with Crippen molar-refractivity contribution in [3.63, 3.8) is 0 Å². The van der Waals surface area contributed by atoms with Gasteiger partial charge in [-0.3, -0.25) is 14.0 Å². The number of carbonyl (C=O) groups excluding carboxylic acids is 2. The molecule has 1 aliphatic rings. The summed E-state index contributed by atoms with van der Waals surface area (Å²) >= 11 is 6.52. The number of methoxy groups -OCH3 is 1. The molecule has 13 heteroatoms. The van der Waals surface area contributed by atoms with Gasteiger partial charge in [0.1, 0.15) is 0 Å². The third kappa shape index (κ3) is 5.81. The molecule has 1 fully saturated rings. The zero-order valence-electron chi connectivity index (χ0n) is 21.9. The van der Waals surface area contributed by atoms with Gasteiger partial charge in [0.25, 0.3) is 5.91 Å². The Hall–Kier alpha value is -3.93. The zero-order valence-corrected chi connectivity index (χ0v) is 23.4. The monoisotopic (exact) mass is 587 g/mol. The number of nitrogens with one attached hydrogen (secondary N) is 2. The summed E-state index contributed by atoms with van der Waals surface area (Å²) in [6, 6.07) is 9.80. The quantitative estimate of drug-likeness (QED) is 0.338. The van der Waals surface area contributed by atoms with E-state index in [2.05, 4.69) is 20.6 Å². The van der Waals surface area contributed by atoms with Crippen molar-refractivity contribution in [1.82, 2.24) is 29.5 Å². The maximum Gasteiger partial charge on any atom is 0.255 e. The van der Waals surface area contributed by atoms with Gasteiger partial charge < -0.3 is 25.2 Å². The van der Waals surface area contributed by atoms with Crippen molar-refractivity contribution >= 4 is 53.0 Å². The molecule has 2 N–H and O–H groups in total. The Morgan fingerprint density at radius 1 is 1.07 bits per heavy atom. The van der Waals surface area contributed by atoms with Crippen molar-refractivity contribution in [2.45, 2.75) is 0 Å². The first-order valence-electron chi connectivity index (χ1n) is 12.3.